The Hall–Kier alpha value is -2.46. The summed E-state index contributed by atoms with van der Waals surface area (Å²) in [7, 11) is 0. The molecule has 0 spiro atoms. The molecular formula is C13H6F2N2O2S. The van der Waals surface area contributed by atoms with E-state index in [9.17, 15) is 18.9 Å². The number of rotatable bonds is 3. The highest BCUT2D eigenvalue weighted by Gasteiger charge is 2.12. The van der Waals surface area contributed by atoms with Gasteiger partial charge in [0.1, 0.15) is 17.7 Å². The minimum absolute atomic E-state index is 0.0777. The van der Waals surface area contributed by atoms with E-state index in [1.807, 2.05) is 6.07 Å². The van der Waals surface area contributed by atoms with Crippen molar-refractivity contribution < 1.29 is 13.7 Å². The fourth-order valence-corrected chi connectivity index (χ4v) is 2.47. The van der Waals surface area contributed by atoms with Crippen molar-refractivity contribution in [2.24, 2.45) is 0 Å². The van der Waals surface area contributed by atoms with Gasteiger partial charge >= 0.3 is 0 Å². The van der Waals surface area contributed by atoms with E-state index in [1.54, 1.807) is 0 Å². The molecule has 0 saturated heterocycles. The number of halogens is 2. The number of hydrogen-bond donors (Lipinski definition) is 0. The molecule has 0 atom stereocenters. The fourth-order valence-electron chi connectivity index (χ4n) is 1.52. The maximum Gasteiger partial charge on any atom is 0.270 e. The predicted octanol–water partition coefficient (Wildman–Crippen LogP) is 3.90. The van der Waals surface area contributed by atoms with E-state index < -0.39 is 16.6 Å². The van der Waals surface area contributed by atoms with Gasteiger partial charge in [-0.15, -0.1) is 0 Å². The van der Waals surface area contributed by atoms with Crippen LogP contribution in [0.2, 0.25) is 0 Å². The summed E-state index contributed by atoms with van der Waals surface area (Å²) in [6, 6.07) is 8.55. The van der Waals surface area contributed by atoms with Crippen LogP contribution in [0.15, 0.2) is 46.2 Å². The Bertz CT molecular complexity index is 709. The highest BCUT2D eigenvalue weighted by molar-refractivity contribution is 7.99. The summed E-state index contributed by atoms with van der Waals surface area (Å²) in [5, 5.41) is 19.6. The molecule has 0 aliphatic carbocycles. The summed E-state index contributed by atoms with van der Waals surface area (Å²) in [5.41, 5.74) is -0.134. The van der Waals surface area contributed by atoms with Crippen LogP contribution in [-0.2, 0) is 0 Å². The monoisotopic (exact) mass is 292 g/mol. The predicted molar refractivity (Wildman–Crippen MR) is 68.3 cm³/mol. The SMILES string of the molecule is N#Cc1cc([N+](=O)[O-])ccc1Sc1cc(F)cc(F)c1. The van der Waals surface area contributed by atoms with Gasteiger partial charge in [-0.25, -0.2) is 8.78 Å². The largest absolute Gasteiger partial charge is 0.270 e. The number of benzene rings is 2. The molecule has 2 aromatic carbocycles. The fraction of sp³-hybridized carbons (Fsp3) is 0. The van der Waals surface area contributed by atoms with Crippen LogP contribution in [0.3, 0.4) is 0 Å². The molecule has 0 aliphatic heterocycles. The van der Waals surface area contributed by atoms with Gasteiger partial charge in [0.25, 0.3) is 5.69 Å². The van der Waals surface area contributed by atoms with Crippen molar-refractivity contribution in [2.45, 2.75) is 9.79 Å². The number of nitro benzene ring substituents is 1. The lowest BCUT2D eigenvalue weighted by molar-refractivity contribution is -0.384. The minimum Gasteiger partial charge on any atom is -0.258 e. The third kappa shape index (κ3) is 3.10. The van der Waals surface area contributed by atoms with Crippen LogP contribution in [-0.4, -0.2) is 4.92 Å². The molecule has 2 rings (SSSR count). The van der Waals surface area contributed by atoms with Crippen LogP contribution in [0.1, 0.15) is 5.56 Å². The molecule has 0 saturated carbocycles. The molecule has 0 radical (unpaired) electrons. The lowest BCUT2D eigenvalue weighted by Crippen LogP contribution is -1.90. The van der Waals surface area contributed by atoms with E-state index in [4.69, 9.17) is 5.26 Å². The van der Waals surface area contributed by atoms with Gasteiger partial charge in [0, 0.05) is 28.0 Å². The molecule has 4 nitrogen and oxygen atoms in total. The molecule has 0 N–H and O–H groups in total. The number of nitriles is 1. The Labute approximate surface area is 116 Å². The Morgan fingerprint density at radius 2 is 1.80 bits per heavy atom. The van der Waals surface area contributed by atoms with Crippen molar-refractivity contribution in [1.29, 1.82) is 5.26 Å². The van der Waals surface area contributed by atoms with Gasteiger partial charge in [-0.1, -0.05) is 11.8 Å². The number of hydrogen-bond acceptors (Lipinski definition) is 4. The van der Waals surface area contributed by atoms with Crippen LogP contribution in [0.4, 0.5) is 14.5 Å². The van der Waals surface area contributed by atoms with E-state index in [-0.39, 0.29) is 16.1 Å². The van der Waals surface area contributed by atoms with Gasteiger partial charge in [0.05, 0.1) is 10.5 Å². The molecule has 100 valence electrons. The molecule has 0 aliphatic rings. The molecule has 7 heteroatoms. The van der Waals surface area contributed by atoms with Crippen molar-refractivity contribution >= 4 is 17.4 Å². The van der Waals surface area contributed by atoms with Crippen LogP contribution in [0.25, 0.3) is 0 Å². The van der Waals surface area contributed by atoms with Crippen LogP contribution in [0.5, 0.6) is 0 Å². The molecule has 0 amide bonds. The van der Waals surface area contributed by atoms with Crippen molar-refractivity contribution in [2.75, 3.05) is 0 Å². The minimum atomic E-state index is -0.729. The lowest BCUT2D eigenvalue weighted by Gasteiger charge is -2.04. The Kier molecular flexibility index (Phi) is 3.96. The first-order valence-electron chi connectivity index (χ1n) is 5.32. The summed E-state index contributed by atoms with van der Waals surface area (Å²) in [5.74, 6) is -1.46. The number of non-ortho nitro benzene ring substituents is 1. The van der Waals surface area contributed by atoms with E-state index >= 15 is 0 Å². The second-order valence-electron chi connectivity index (χ2n) is 3.76. The number of nitrogens with zero attached hydrogens (tertiary/aromatic N) is 2. The van der Waals surface area contributed by atoms with Gasteiger partial charge in [0.15, 0.2) is 0 Å². The molecule has 0 heterocycles. The van der Waals surface area contributed by atoms with Crippen molar-refractivity contribution in [3.63, 3.8) is 0 Å². The topological polar surface area (TPSA) is 66.9 Å². The average molecular weight is 292 g/mol. The van der Waals surface area contributed by atoms with Crippen molar-refractivity contribution in [1.82, 2.24) is 0 Å². The van der Waals surface area contributed by atoms with Crippen LogP contribution >= 0.6 is 11.8 Å². The second-order valence-corrected chi connectivity index (χ2v) is 4.87. The third-order valence-electron chi connectivity index (χ3n) is 2.36. The zero-order chi connectivity index (χ0) is 14.7. The summed E-state index contributed by atoms with van der Waals surface area (Å²) in [4.78, 5) is 10.7. The Balaban J connectivity index is 2.38. The lowest BCUT2D eigenvalue weighted by atomic mass is 10.2. The maximum atomic E-state index is 13.1. The van der Waals surface area contributed by atoms with E-state index in [0.29, 0.717) is 4.90 Å². The molecule has 20 heavy (non-hydrogen) atoms. The molecule has 0 aromatic heterocycles. The van der Waals surface area contributed by atoms with E-state index in [2.05, 4.69) is 0 Å². The van der Waals surface area contributed by atoms with Crippen molar-refractivity contribution in [3.8, 4) is 6.07 Å². The zero-order valence-corrected chi connectivity index (χ0v) is 10.7. The van der Waals surface area contributed by atoms with Crippen molar-refractivity contribution in [3.05, 3.63) is 63.7 Å². The molecule has 0 fully saturated rings. The Morgan fingerprint density at radius 1 is 1.15 bits per heavy atom. The maximum absolute atomic E-state index is 13.1. The third-order valence-corrected chi connectivity index (χ3v) is 3.41. The Morgan fingerprint density at radius 3 is 2.35 bits per heavy atom. The van der Waals surface area contributed by atoms with E-state index in [1.165, 1.54) is 12.1 Å². The smallest absolute Gasteiger partial charge is 0.258 e. The first-order chi connectivity index (χ1) is 9.49. The van der Waals surface area contributed by atoms with Crippen LogP contribution in [0, 0.1) is 33.1 Å². The first-order valence-corrected chi connectivity index (χ1v) is 6.14. The molecule has 0 bridgehead atoms. The van der Waals surface area contributed by atoms with Gasteiger partial charge in [0.2, 0.25) is 0 Å². The van der Waals surface area contributed by atoms with Gasteiger partial charge < -0.3 is 0 Å². The van der Waals surface area contributed by atoms with Crippen LogP contribution < -0.4 is 0 Å². The normalized spacial score (nSPS) is 10.1. The standard InChI is InChI=1S/C13H6F2N2O2S/c14-9-4-10(15)6-12(5-9)20-13-2-1-11(17(18)19)3-8(13)7-16/h1-6H. The highest BCUT2D eigenvalue weighted by atomic mass is 32.2. The highest BCUT2D eigenvalue weighted by Crippen LogP contribution is 2.32. The van der Waals surface area contributed by atoms with Gasteiger partial charge in [-0.2, -0.15) is 5.26 Å². The average Bonchev–Trinajstić information content (AvgIpc) is 2.37. The summed E-state index contributed by atoms with van der Waals surface area (Å²) < 4.78 is 26.2. The van der Waals surface area contributed by atoms with Gasteiger partial charge in [-0.05, 0) is 18.2 Å². The second kappa shape index (κ2) is 5.67. The quantitative estimate of drug-likeness (QED) is 0.635. The summed E-state index contributed by atoms with van der Waals surface area (Å²) in [6.07, 6.45) is 0. The molecule has 0 unspecified atom stereocenters. The van der Waals surface area contributed by atoms with E-state index in [0.717, 1.165) is 36.0 Å². The summed E-state index contributed by atoms with van der Waals surface area (Å²) in [6.45, 7) is 0. The first kappa shape index (κ1) is 14.0. The summed E-state index contributed by atoms with van der Waals surface area (Å²) >= 11 is 0.962. The molecule has 2 aromatic rings. The zero-order valence-electron chi connectivity index (χ0n) is 9.84. The molecular weight excluding hydrogens is 286 g/mol. The number of nitro groups is 1. The van der Waals surface area contributed by atoms with Gasteiger partial charge in [-0.3, -0.25) is 10.1 Å².